The van der Waals surface area contributed by atoms with Gasteiger partial charge in [0.05, 0.1) is 10.7 Å². The van der Waals surface area contributed by atoms with Crippen molar-refractivity contribution < 1.29 is 9.18 Å². The van der Waals surface area contributed by atoms with E-state index in [1.54, 1.807) is 6.07 Å². The summed E-state index contributed by atoms with van der Waals surface area (Å²) < 4.78 is 13.4. The minimum absolute atomic E-state index is 0.127. The summed E-state index contributed by atoms with van der Waals surface area (Å²) >= 11 is 5.80. The zero-order chi connectivity index (χ0) is 12.9. The Balaban J connectivity index is 1.96. The molecule has 0 radical (unpaired) electrons. The van der Waals surface area contributed by atoms with Crippen LogP contribution < -0.4 is 5.73 Å². The second kappa shape index (κ2) is 4.05. The first-order chi connectivity index (χ1) is 8.56. The largest absolute Gasteiger partial charge is 0.369 e. The molecular weight excluding hydrogens is 255 g/mol. The lowest BCUT2D eigenvalue weighted by Gasteiger charge is -2.25. The van der Waals surface area contributed by atoms with Crippen molar-refractivity contribution in [3.8, 4) is 0 Å². The molecule has 0 spiro atoms. The third-order valence-electron chi connectivity index (χ3n) is 3.77. The smallest absolute Gasteiger partial charge is 0.220 e. The number of nitrogens with zero attached hydrogens (tertiary/aromatic N) is 1. The van der Waals surface area contributed by atoms with E-state index in [1.165, 1.54) is 6.07 Å². The van der Waals surface area contributed by atoms with Crippen LogP contribution in [-0.2, 0) is 4.79 Å². The van der Waals surface area contributed by atoms with Crippen LogP contribution in [0, 0.1) is 11.7 Å². The number of benzene rings is 1. The first-order valence-electron chi connectivity index (χ1n) is 5.92. The van der Waals surface area contributed by atoms with E-state index in [1.807, 2.05) is 0 Å². The zero-order valence-corrected chi connectivity index (χ0v) is 10.4. The number of carbonyl (C=O) groups is 1. The summed E-state index contributed by atoms with van der Waals surface area (Å²) in [6, 6.07) is 3.01. The van der Waals surface area contributed by atoms with Crippen LogP contribution in [0.5, 0.6) is 0 Å². The molecule has 1 fully saturated rings. The summed E-state index contributed by atoms with van der Waals surface area (Å²) in [4.78, 5) is 15.6. The maximum Gasteiger partial charge on any atom is 0.220 e. The van der Waals surface area contributed by atoms with Gasteiger partial charge in [-0.15, -0.1) is 0 Å². The Kier molecular flexibility index (Phi) is 2.63. The summed E-state index contributed by atoms with van der Waals surface area (Å²) in [5, 5.41) is 0.127. The maximum absolute atomic E-state index is 13.4. The Morgan fingerprint density at radius 2 is 2.22 bits per heavy atom. The molecule has 18 heavy (non-hydrogen) atoms. The van der Waals surface area contributed by atoms with Crippen molar-refractivity contribution in [1.29, 1.82) is 0 Å². The van der Waals surface area contributed by atoms with Gasteiger partial charge in [0.2, 0.25) is 5.91 Å². The van der Waals surface area contributed by atoms with Crippen LogP contribution in [0.15, 0.2) is 17.1 Å². The third kappa shape index (κ3) is 1.72. The SMILES string of the molecule is NC(=O)C1CCC2C(=Nc3cc(F)c(Cl)cc32)C1. The van der Waals surface area contributed by atoms with Crippen molar-refractivity contribution in [2.45, 2.75) is 25.2 Å². The normalized spacial score (nSPS) is 25.3. The van der Waals surface area contributed by atoms with Crippen LogP contribution in [0.3, 0.4) is 0 Å². The van der Waals surface area contributed by atoms with E-state index >= 15 is 0 Å². The minimum atomic E-state index is -0.454. The number of hydrogen-bond donors (Lipinski definition) is 1. The number of carbonyl (C=O) groups excluding carboxylic acids is 1. The summed E-state index contributed by atoms with van der Waals surface area (Å²) in [5.74, 6) is -0.704. The average molecular weight is 267 g/mol. The summed E-state index contributed by atoms with van der Waals surface area (Å²) in [6.45, 7) is 0. The quantitative estimate of drug-likeness (QED) is 0.835. The number of hydrogen-bond acceptors (Lipinski definition) is 2. The number of primary amides is 1. The monoisotopic (exact) mass is 266 g/mol. The molecule has 1 aliphatic heterocycles. The highest BCUT2D eigenvalue weighted by Crippen LogP contribution is 2.45. The van der Waals surface area contributed by atoms with Crippen LogP contribution in [0.4, 0.5) is 10.1 Å². The van der Waals surface area contributed by atoms with Crippen molar-refractivity contribution in [2.75, 3.05) is 0 Å². The first-order valence-corrected chi connectivity index (χ1v) is 6.29. The van der Waals surface area contributed by atoms with Gasteiger partial charge in [0.15, 0.2) is 0 Å². The molecule has 1 aromatic carbocycles. The maximum atomic E-state index is 13.4. The van der Waals surface area contributed by atoms with Crippen LogP contribution >= 0.6 is 11.6 Å². The van der Waals surface area contributed by atoms with Crippen LogP contribution in [0.25, 0.3) is 0 Å². The Morgan fingerprint density at radius 1 is 1.44 bits per heavy atom. The van der Waals surface area contributed by atoms with Gasteiger partial charge in [-0.2, -0.15) is 0 Å². The number of amides is 1. The highest BCUT2D eigenvalue weighted by Gasteiger charge is 2.35. The number of aliphatic imine (C=N–C) groups is 1. The fourth-order valence-corrected chi connectivity index (χ4v) is 2.99. The molecule has 1 aromatic rings. The van der Waals surface area contributed by atoms with Gasteiger partial charge in [-0.05, 0) is 30.9 Å². The molecule has 2 aliphatic rings. The fourth-order valence-electron chi connectivity index (χ4n) is 2.82. The summed E-state index contributed by atoms with van der Waals surface area (Å²) in [6.07, 6.45) is 2.16. The lowest BCUT2D eigenvalue weighted by molar-refractivity contribution is -0.122. The van der Waals surface area contributed by atoms with Gasteiger partial charge >= 0.3 is 0 Å². The summed E-state index contributed by atoms with van der Waals surface area (Å²) in [5.41, 5.74) is 7.87. The predicted octanol–water partition coefficient (Wildman–Crippen LogP) is 2.93. The lowest BCUT2D eigenvalue weighted by Crippen LogP contribution is -2.31. The number of nitrogens with two attached hydrogens (primary N) is 1. The first kappa shape index (κ1) is 11.7. The molecule has 2 unspecified atom stereocenters. The van der Waals surface area contributed by atoms with Crippen LogP contribution in [0.1, 0.15) is 30.7 Å². The van der Waals surface area contributed by atoms with Crippen molar-refractivity contribution in [3.63, 3.8) is 0 Å². The molecular formula is C13H12ClFN2O. The third-order valence-corrected chi connectivity index (χ3v) is 4.06. The number of halogens is 2. The van der Waals surface area contributed by atoms with Gasteiger partial charge in [-0.3, -0.25) is 9.79 Å². The van der Waals surface area contributed by atoms with E-state index in [-0.39, 0.29) is 22.8 Å². The van der Waals surface area contributed by atoms with Gasteiger partial charge in [0.1, 0.15) is 5.82 Å². The van der Waals surface area contributed by atoms with Crippen molar-refractivity contribution >= 4 is 28.9 Å². The highest BCUT2D eigenvalue weighted by molar-refractivity contribution is 6.31. The molecule has 1 aliphatic carbocycles. The fraction of sp³-hybridized carbons (Fsp3) is 0.385. The molecule has 5 heteroatoms. The average Bonchev–Trinajstić information content (AvgIpc) is 2.66. The van der Waals surface area contributed by atoms with Gasteiger partial charge < -0.3 is 5.73 Å². The second-order valence-corrected chi connectivity index (χ2v) is 5.27. The van der Waals surface area contributed by atoms with Gasteiger partial charge in [-0.1, -0.05) is 11.6 Å². The molecule has 0 bridgehead atoms. The number of fused-ring (bicyclic) bond motifs is 3. The lowest BCUT2D eigenvalue weighted by atomic mass is 9.78. The predicted molar refractivity (Wildman–Crippen MR) is 67.8 cm³/mol. The molecule has 3 nitrogen and oxygen atoms in total. The van der Waals surface area contributed by atoms with Crippen LogP contribution in [-0.4, -0.2) is 11.6 Å². The Morgan fingerprint density at radius 3 is 2.94 bits per heavy atom. The van der Waals surface area contributed by atoms with E-state index in [2.05, 4.69) is 4.99 Å². The second-order valence-electron chi connectivity index (χ2n) is 4.86. The molecule has 3 rings (SSSR count). The van der Waals surface area contributed by atoms with Crippen molar-refractivity contribution in [3.05, 3.63) is 28.5 Å². The molecule has 1 amide bonds. The van der Waals surface area contributed by atoms with E-state index < -0.39 is 5.82 Å². The standard InChI is InChI=1S/C13H12ClFN2O/c14-9-4-8-7-2-1-6(13(16)18)3-11(7)17-12(8)5-10(9)15/h4-7H,1-3H2,(H2,16,18). The molecule has 2 atom stereocenters. The molecule has 0 saturated heterocycles. The van der Waals surface area contributed by atoms with E-state index in [0.29, 0.717) is 12.1 Å². The van der Waals surface area contributed by atoms with Gasteiger partial charge in [0.25, 0.3) is 0 Å². The van der Waals surface area contributed by atoms with E-state index in [4.69, 9.17) is 17.3 Å². The minimum Gasteiger partial charge on any atom is -0.369 e. The van der Waals surface area contributed by atoms with Crippen LogP contribution in [0.2, 0.25) is 5.02 Å². The zero-order valence-electron chi connectivity index (χ0n) is 9.62. The Labute approximate surface area is 109 Å². The molecule has 1 saturated carbocycles. The number of rotatable bonds is 1. The van der Waals surface area contributed by atoms with E-state index in [9.17, 15) is 9.18 Å². The molecule has 0 aromatic heterocycles. The Hall–Kier alpha value is -1.42. The van der Waals surface area contributed by atoms with Crippen molar-refractivity contribution in [2.24, 2.45) is 16.6 Å². The molecule has 94 valence electrons. The molecule has 1 heterocycles. The van der Waals surface area contributed by atoms with Crippen molar-refractivity contribution in [1.82, 2.24) is 0 Å². The van der Waals surface area contributed by atoms with Gasteiger partial charge in [-0.25, -0.2) is 4.39 Å². The topological polar surface area (TPSA) is 55.5 Å². The summed E-state index contributed by atoms with van der Waals surface area (Å²) in [7, 11) is 0. The molecule has 2 N–H and O–H groups in total. The van der Waals surface area contributed by atoms with E-state index in [0.717, 1.165) is 24.1 Å². The van der Waals surface area contributed by atoms with Gasteiger partial charge in [0, 0.05) is 23.6 Å². The Bertz CT molecular complexity index is 570. The highest BCUT2D eigenvalue weighted by atomic mass is 35.5.